The molecule has 1 aromatic rings. The van der Waals surface area contributed by atoms with Crippen molar-refractivity contribution in [1.29, 1.82) is 0 Å². The highest BCUT2D eigenvalue weighted by Crippen LogP contribution is 2.15. The Morgan fingerprint density at radius 1 is 1.22 bits per heavy atom. The Kier molecular flexibility index (Phi) is 6.94. The maximum Gasteiger partial charge on any atom is 0.0898 e. The zero-order valence-corrected chi connectivity index (χ0v) is 11.6. The molecule has 0 radical (unpaired) electrons. The van der Waals surface area contributed by atoms with E-state index in [4.69, 9.17) is 4.74 Å². The molecule has 3 heteroatoms. The van der Waals surface area contributed by atoms with Crippen molar-refractivity contribution in [3.05, 3.63) is 35.9 Å². The van der Waals surface area contributed by atoms with Gasteiger partial charge in [-0.05, 0) is 25.8 Å². The number of hydrogen-bond acceptors (Lipinski definition) is 3. The van der Waals surface area contributed by atoms with Crippen LogP contribution in [-0.2, 0) is 4.74 Å². The van der Waals surface area contributed by atoms with Crippen molar-refractivity contribution in [2.24, 2.45) is 0 Å². The lowest BCUT2D eigenvalue weighted by molar-refractivity contribution is -0.00276. The Morgan fingerprint density at radius 3 is 2.50 bits per heavy atom. The van der Waals surface area contributed by atoms with E-state index in [9.17, 15) is 5.11 Å². The Morgan fingerprint density at radius 2 is 1.89 bits per heavy atom. The molecule has 0 amide bonds. The van der Waals surface area contributed by atoms with E-state index in [-0.39, 0.29) is 6.10 Å². The summed E-state index contributed by atoms with van der Waals surface area (Å²) in [7, 11) is 0. The van der Waals surface area contributed by atoms with Crippen molar-refractivity contribution in [3.63, 3.8) is 0 Å². The minimum absolute atomic E-state index is 0.0180. The van der Waals surface area contributed by atoms with Gasteiger partial charge in [0.05, 0.1) is 18.8 Å². The smallest absolute Gasteiger partial charge is 0.0898 e. The lowest BCUT2D eigenvalue weighted by Crippen LogP contribution is -2.35. The summed E-state index contributed by atoms with van der Waals surface area (Å²) in [5.41, 5.74) is 1.14. The van der Waals surface area contributed by atoms with Gasteiger partial charge < -0.3 is 15.2 Å². The molecule has 3 nitrogen and oxygen atoms in total. The van der Waals surface area contributed by atoms with Gasteiger partial charge in [-0.1, -0.05) is 37.3 Å². The number of hydrogen-bond donors (Lipinski definition) is 2. The topological polar surface area (TPSA) is 41.5 Å². The standard InChI is InChI=1S/C15H25NO2/c1-4-12(2)16-10-15(17)11-18-13(3)14-8-6-5-7-9-14/h5-9,12-13,15-17H,4,10-11H2,1-3H3. The predicted octanol–water partition coefficient (Wildman–Crippen LogP) is 2.51. The average molecular weight is 251 g/mol. The molecule has 0 bridgehead atoms. The lowest BCUT2D eigenvalue weighted by Gasteiger charge is -2.19. The molecule has 0 saturated heterocycles. The average Bonchev–Trinajstić information content (AvgIpc) is 2.42. The summed E-state index contributed by atoms with van der Waals surface area (Å²) in [6.45, 7) is 7.18. The van der Waals surface area contributed by atoms with Crippen molar-refractivity contribution in [1.82, 2.24) is 5.32 Å². The number of nitrogens with one attached hydrogen (secondary N) is 1. The minimum atomic E-state index is -0.454. The van der Waals surface area contributed by atoms with E-state index in [1.807, 2.05) is 37.3 Å². The summed E-state index contributed by atoms with van der Waals surface area (Å²) >= 11 is 0. The molecule has 0 fully saturated rings. The van der Waals surface area contributed by atoms with E-state index in [0.717, 1.165) is 12.0 Å². The van der Waals surface area contributed by atoms with Gasteiger partial charge in [0.25, 0.3) is 0 Å². The fraction of sp³-hybridized carbons (Fsp3) is 0.600. The molecule has 3 atom stereocenters. The molecule has 3 unspecified atom stereocenters. The van der Waals surface area contributed by atoms with E-state index >= 15 is 0 Å². The minimum Gasteiger partial charge on any atom is -0.389 e. The first-order chi connectivity index (χ1) is 8.63. The van der Waals surface area contributed by atoms with Crippen LogP contribution in [0.15, 0.2) is 30.3 Å². The molecular formula is C15H25NO2. The van der Waals surface area contributed by atoms with Crippen LogP contribution in [0.5, 0.6) is 0 Å². The summed E-state index contributed by atoms with van der Waals surface area (Å²) in [4.78, 5) is 0. The summed E-state index contributed by atoms with van der Waals surface area (Å²) in [5.74, 6) is 0. The second-order valence-corrected chi connectivity index (χ2v) is 4.76. The van der Waals surface area contributed by atoms with Crippen LogP contribution in [0.2, 0.25) is 0 Å². The van der Waals surface area contributed by atoms with Crippen LogP contribution in [0.1, 0.15) is 38.9 Å². The van der Waals surface area contributed by atoms with E-state index in [1.54, 1.807) is 0 Å². The van der Waals surface area contributed by atoms with Crippen molar-refractivity contribution in [2.45, 2.75) is 45.4 Å². The molecule has 0 saturated carbocycles. The number of benzene rings is 1. The first-order valence-electron chi connectivity index (χ1n) is 6.71. The molecule has 0 aromatic heterocycles. The van der Waals surface area contributed by atoms with E-state index in [1.165, 1.54) is 0 Å². The summed E-state index contributed by atoms with van der Waals surface area (Å²) in [6.07, 6.45) is 0.628. The second kappa shape index (κ2) is 8.25. The molecule has 1 aromatic carbocycles. The molecule has 0 heterocycles. The van der Waals surface area contributed by atoms with Gasteiger partial charge in [-0.15, -0.1) is 0 Å². The zero-order chi connectivity index (χ0) is 13.4. The van der Waals surface area contributed by atoms with E-state index in [0.29, 0.717) is 19.2 Å². The Balaban J connectivity index is 2.24. The van der Waals surface area contributed by atoms with Gasteiger partial charge in [0.15, 0.2) is 0 Å². The van der Waals surface area contributed by atoms with Crippen LogP contribution in [0, 0.1) is 0 Å². The third kappa shape index (κ3) is 5.63. The molecule has 2 N–H and O–H groups in total. The highest BCUT2D eigenvalue weighted by molar-refractivity contribution is 5.16. The number of rotatable bonds is 8. The van der Waals surface area contributed by atoms with Gasteiger partial charge >= 0.3 is 0 Å². The highest BCUT2D eigenvalue weighted by Gasteiger charge is 2.10. The SMILES string of the molecule is CCC(C)NCC(O)COC(C)c1ccccc1. The molecule has 1 rings (SSSR count). The lowest BCUT2D eigenvalue weighted by atomic mass is 10.1. The molecule has 0 aliphatic carbocycles. The van der Waals surface area contributed by atoms with E-state index in [2.05, 4.69) is 19.2 Å². The van der Waals surface area contributed by atoms with E-state index < -0.39 is 6.10 Å². The molecular weight excluding hydrogens is 226 g/mol. The van der Waals surface area contributed by atoms with Crippen molar-refractivity contribution in [2.75, 3.05) is 13.2 Å². The molecule has 102 valence electrons. The van der Waals surface area contributed by atoms with Crippen LogP contribution in [-0.4, -0.2) is 30.4 Å². The number of ether oxygens (including phenoxy) is 1. The van der Waals surface area contributed by atoms with Crippen LogP contribution >= 0.6 is 0 Å². The largest absolute Gasteiger partial charge is 0.389 e. The number of aliphatic hydroxyl groups is 1. The summed E-state index contributed by atoms with van der Waals surface area (Å²) in [6, 6.07) is 10.5. The Hall–Kier alpha value is -0.900. The predicted molar refractivity (Wildman–Crippen MR) is 74.6 cm³/mol. The monoisotopic (exact) mass is 251 g/mol. The molecule has 18 heavy (non-hydrogen) atoms. The number of aliphatic hydroxyl groups excluding tert-OH is 1. The van der Waals surface area contributed by atoms with Gasteiger partial charge in [-0.3, -0.25) is 0 Å². The maximum absolute atomic E-state index is 9.80. The van der Waals surface area contributed by atoms with Crippen molar-refractivity contribution >= 4 is 0 Å². The first kappa shape index (κ1) is 15.2. The highest BCUT2D eigenvalue weighted by atomic mass is 16.5. The normalized spacial score (nSPS) is 16.2. The van der Waals surface area contributed by atoms with Gasteiger partial charge in [0, 0.05) is 12.6 Å². The van der Waals surface area contributed by atoms with Gasteiger partial charge in [0.2, 0.25) is 0 Å². The fourth-order valence-corrected chi connectivity index (χ4v) is 1.62. The molecule has 0 spiro atoms. The molecule has 0 aliphatic heterocycles. The Labute approximate surface area is 110 Å². The third-order valence-electron chi connectivity index (χ3n) is 3.12. The third-order valence-corrected chi connectivity index (χ3v) is 3.12. The maximum atomic E-state index is 9.80. The van der Waals surface area contributed by atoms with Crippen LogP contribution in [0.3, 0.4) is 0 Å². The van der Waals surface area contributed by atoms with Gasteiger partial charge in [-0.25, -0.2) is 0 Å². The molecule has 0 aliphatic rings. The summed E-state index contributed by atoms with van der Waals surface area (Å²) in [5, 5.41) is 13.1. The van der Waals surface area contributed by atoms with Crippen molar-refractivity contribution < 1.29 is 9.84 Å². The first-order valence-corrected chi connectivity index (χ1v) is 6.71. The van der Waals surface area contributed by atoms with Crippen molar-refractivity contribution in [3.8, 4) is 0 Å². The van der Waals surface area contributed by atoms with Crippen LogP contribution in [0.4, 0.5) is 0 Å². The zero-order valence-electron chi connectivity index (χ0n) is 11.6. The van der Waals surface area contributed by atoms with Crippen LogP contribution in [0.25, 0.3) is 0 Å². The Bertz CT molecular complexity index is 316. The second-order valence-electron chi connectivity index (χ2n) is 4.76. The van der Waals surface area contributed by atoms with Gasteiger partial charge in [0.1, 0.15) is 0 Å². The van der Waals surface area contributed by atoms with Gasteiger partial charge in [-0.2, -0.15) is 0 Å². The summed E-state index contributed by atoms with van der Waals surface area (Å²) < 4.78 is 5.67. The van der Waals surface area contributed by atoms with Crippen LogP contribution < -0.4 is 5.32 Å². The quantitative estimate of drug-likeness (QED) is 0.746. The fourth-order valence-electron chi connectivity index (χ4n) is 1.62.